The summed E-state index contributed by atoms with van der Waals surface area (Å²) in [6, 6.07) is 6.92. The van der Waals surface area contributed by atoms with E-state index >= 15 is 0 Å². The minimum absolute atomic E-state index is 0.0321. The molecule has 2 N–H and O–H groups in total. The third kappa shape index (κ3) is 7.56. The van der Waals surface area contributed by atoms with Crippen LogP contribution in [0, 0.1) is 12.8 Å². The fourth-order valence-electron chi connectivity index (χ4n) is 3.53. The Morgan fingerprint density at radius 1 is 1.23 bits per heavy atom. The lowest BCUT2D eigenvalue weighted by Gasteiger charge is -2.32. The Hall–Kier alpha value is -2.57. The first-order valence-electron chi connectivity index (χ1n) is 11.2. The van der Waals surface area contributed by atoms with E-state index in [9.17, 15) is 14.4 Å². The number of nitrogens with one attached hydrogen (secondary N) is 2. The number of benzene rings is 1. The average molecular weight is 432 g/mol. The molecule has 3 amide bonds. The standard InChI is InChI=1S/C24H37N3O4/c1-7-8-12-25-22(29)21(18-11-9-10-16(2)13-18)27(19-14-17(19)3)20(28)15-26-23(30)31-24(4,5)6/h9-11,13,17,19,21H,7-8,12,14-15H2,1-6H3,(H,25,29)(H,26,30). The van der Waals surface area contributed by atoms with Gasteiger partial charge in [-0.15, -0.1) is 0 Å². The molecule has 3 atom stereocenters. The summed E-state index contributed by atoms with van der Waals surface area (Å²) in [6.45, 7) is 11.7. The van der Waals surface area contributed by atoms with Crippen molar-refractivity contribution in [3.05, 3.63) is 35.4 Å². The van der Waals surface area contributed by atoms with Crippen LogP contribution in [0.1, 0.15) is 71.0 Å². The summed E-state index contributed by atoms with van der Waals surface area (Å²) in [5, 5.41) is 5.53. The van der Waals surface area contributed by atoms with Crippen LogP contribution in [0.2, 0.25) is 0 Å². The average Bonchev–Trinajstić information content (AvgIpc) is 3.38. The lowest BCUT2D eigenvalue weighted by Crippen LogP contribution is -2.49. The van der Waals surface area contributed by atoms with Gasteiger partial charge in [-0.1, -0.05) is 50.1 Å². The molecule has 0 aromatic heterocycles. The van der Waals surface area contributed by atoms with Gasteiger partial charge in [0.2, 0.25) is 11.8 Å². The predicted molar refractivity (Wildman–Crippen MR) is 120 cm³/mol. The van der Waals surface area contributed by atoms with E-state index in [4.69, 9.17) is 4.74 Å². The number of aryl methyl sites for hydroxylation is 1. The monoisotopic (exact) mass is 431 g/mol. The normalized spacial score (nSPS) is 18.6. The number of amides is 3. The highest BCUT2D eigenvalue weighted by molar-refractivity contribution is 5.91. The van der Waals surface area contributed by atoms with Gasteiger partial charge >= 0.3 is 6.09 Å². The molecule has 1 fully saturated rings. The van der Waals surface area contributed by atoms with E-state index in [-0.39, 0.29) is 24.4 Å². The summed E-state index contributed by atoms with van der Waals surface area (Å²) < 4.78 is 5.24. The molecule has 0 aliphatic heterocycles. The maximum Gasteiger partial charge on any atom is 0.408 e. The van der Waals surface area contributed by atoms with Crippen LogP contribution < -0.4 is 10.6 Å². The number of unbranched alkanes of at least 4 members (excludes halogenated alkanes) is 1. The first-order valence-corrected chi connectivity index (χ1v) is 11.2. The van der Waals surface area contributed by atoms with E-state index in [0.717, 1.165) is 30.4 Å². The first kappa shape index (κ1) is 24.7. The Kier molecular flexibility index (Phi) is 8.48. The maximum atomic E-state index is 13.3. The summed E-state index contributed by atoms with van der Waals surface area (Å²) in [6.07, 6.45) is 2.03. The van der Waals surface area contributed by atoms with Gasteiger partial charge in [-0.2, -0.15) is 0 Å². The highest BCUT2D eigenvalue weighted by Gasteiger charge is 2.46. The predicted octanol–water partition coefficient (Wildman–Crippen LogP) is 3.71. The number of nitrogens with zero attached hydrogens (tertiary/aromatic N) is 1. The summed E-state index contributed by atoms with van der Waals surface area (Å²) in [5.41, 5.74) is 1.15. The van der Waals surface area contributed by atoms with E-state index in [1.54, 1.807) is 25.7 Å². The molecule has 3 unspecified atom stereocenters. The molecule has 7 nitrogen and oxygen atoms in total. The molecule has 1 aliphatic carbocycles. The first-order chi connectivity index (χ1) is 14.5. The molecule has 2 rings (SSSR count). The Balaban J connectivity index is 2.25. The molecule has 1 aromatic rings. The van der Waals surface area contributed by atoms with Crippen LogP contribution in [0.4, 0.5) is 4.79 Å². The molecule has 0 radical (unpaired) electrons. The van der Waals surface area contributed by atoms with E-state index in [2.05, 4.69) is 24.5 Å². The van der Waals surface area contributed by atoms with Gasteiger partial charge in [0.25, 0.3) is 0 Å². The van der Waals surface area contributed by atoms with Crippen LogP contribution in [0.25, 0.3) is 0 Å². The van der Waals surface area contributed by atoms with Gasteiger partial charge in [0.05, 0.1) is 0 Å². The van der Waals surface area contributed by atoms with Gasteiger partial charge in [-0.3, -0.25) is 9.59 Å². The van der Waals surface area contributed by atoms with Gasteiger partial charge in [0.1, 0.15) is 18.2 Å². The Morgan fingerprint density at radius 3 is 2.45 bits per heavy atom. The largest absolute Gasteiger partial charge is 0.444 e. The van der Waals surface area contributed by atoms with Gasteiger partial charge in [-0.25, -0.2) is 4.79 Å². The quantitative estimate of drug-likeness (QED) is 0.584. The third-order valence-corrected chi connectivity index (χ3v) is 5.21. The SMILES string of the molecule is CCCCNC(=O)C(c1cccc(C)c1)N(C(=O)CNC(=O)OC(C)(C)C)C1CC1C. The lowest BCUT2D eigenvalue weighted by atomic mass is 10.0. The molecule has 172 valence electrons. The lowest BCUT2D eigenvalue weighted by molar-refractivity contribution is -0.141. The van der Waals surface area contributed by atoms with Crippen molar-refractivity contribution in [2.24, 2.45) is 5.92 Å². The van der Waals surface area contributed by atoms with E-state index in [1.807, 2.05) is 31.2 Å². The molecular weight excluding hydrogens is 394 g/mol. The Bertz CT molecular complexity index is 787. The fraction of sp³-hybridized carbons (Fsp3) is 0.625. The van der Waals surface area contributed by atoms with Crippen molar-refractivity contribution in [3.8, 4) is 0 Å². The van der Waals surface area contributed by atoms with Gasteiger partial charge in [0, 0.05) is 12.6 Å². The van der Waals surface area contributed by atoms with E-state index < -0.39 is 17.7 Å². The van der Waals surface area contributed by atoms with Crippen molar-refractivity contribution in [1.82, 2.24) is 15.5 Å². The highest BCUT2D eigenvalue weighted by atomic mass is 16.6. The number of carbonyl (C=O) groups excluding carboxylic acids is 3. The van der Waals surface area contributed by atoms with Crippen molar-refractivity contribution in [1.29, 1.82) is 0 Å². The number of ether oxygens (including phenoxy) is 1. The second-order valence-corrected chi connectivity index (χ2v) is 9.40. The number of hydrogen-bond donors (Lipinski definition) is 2. The zero-order valence-corrected chi connectivity index (χ0v) is 19.7. The number of hydrogen-bond acceptors (Lipinski definition) is 4. The molecule has 0 spiro atoms. The van der Waals surface area contributed by atoms with Crippen molar-refractivity contribution in [2.45, 2.75) is 78.5 Å². The summed E-state index contributed by atoms with van der Waals surface area (Å²) in [7, 11) is 0. The van der Waals surface area contributed by atoms with E-state index in [1.165, 1.54) is 0 Å². The van der Waals surface area contributed by atoms with Crippen molar-refractivity contribution < 1.29 is 19.1 Å². The molecule has 1 aliphatic rings. The second kappa shape index (κ2) is 10.6. The summed E-state index contributed by atoms with van der Waals surface area (Å²) >= 11 is 0. The van der Waals surface area contributed by atoms with Crippen LogP contribution >= 0.6 is 0 Å². The maximum absolute atomic E-state index is 13.3. The molecule has 7 heteroatoms. The topological polar surface area (TPSA) is 87.7 Å². The number of rotatable bonds is 9. The molecule has 1 saturated carbocycles. The molecule has 31 heavy (non-hydrogen) atoms. The van der Waals surface area contributed by atoms with Crippen molar-refractivity contribution >= 4 is 17.9 Å². The molecule has 0 bridgehead atoms. The number of alkyl carbamates (subject to hydrolysis) is 1. The zero-order valence-electron chi connectivity index (χ0n) is 19.7. The third-order valence-electron chi connectivity index (χ3n) is 5.21. The van der Waals surface area contributed by atoms with E-state index in [0.29, 0.717) is 12.5 Å². The van der Waals surface area contributed by atoms with Crippen LogP contribution in [0.5, 0.6) is 0 Å². The second-order valence-electron chi connectivity index (χ2n) is 9.40. The van der Waals surface area contributed by atoms with Crippen LogP contribution in [-0.4, -0.2) is 47.5 Å². The van der Waals surface area contributed by atoms with Gasteiger partial charge in [0.15, 0.2) is 0 Å². The van der Waals surface area contributed by atoms with Crippen LogP contribution in [0.15, 0.2) is 24.3 Å². The summed E-state index contributed by atoms with van der Waals surface area (Å²) in [5.74, 6) is -0.178. The van der Waals surface area contributed by atoms with Gasteiger partial charge < -0.3 is 20.3 Å². The Morgan fingerprint density at radius 2 is 1.90 bits per heavy atom. The van der Waals surface area contributed by atoms with Crippen molar-refractivity contribution in [2.75, 3.05) is 13.1 Å². The van der Waals surface area contributed by atoms with Crippen LogP contribution in [0.3, 0.4) is 0 Å². The minimum Gasteiger partial charge on any atom is -0.444 e. The Labute approximate surface area is 185 Å². The number of carbonyl (C=O) groups is 3. The van der Waals surface area contributed by atoms with Crippen LogP contribution in [-0.2, 0) is 14.3 Å². The summed E-state index contributed by atoms with van der Waals surface area (Å²) in [4.78, 5) is 40.2. The van der Waals surface area contributed by atoms with Crippen molar-refractivity contribution in [3.63, 3.8) is 0 Å². The molecule has 1 aromatic carbocycles. The zero-order chi connectivity index (χ0) is 23.2. The minimum atomic E-state index is -0.736. The molecule has 0 saturated heterocycles. The molecular formula is C24H37N3O4. The fourth-order valence-corrected chi connectivity index (χ4v) is 3.53. The molecule has 0 heterocycles. The van der Waals surface area contributed by atoms with Gasteiger partial charge in [-0.05, 0) is 52.0 Å². The smallest absolute Gasteiger partial charge is 0.408 e. The highest BCUT2D eigenvalue weighted by Crippen LogP contribution is 2.40.